The van der Waals surface area contributed by atoms with Gasteiger partial charge in [-0.1, -0.05) is 23.2 Å². The lowest BCUT2D eigenvalue weighted by Crippen LogP contribution is -2.44. The fraction of sp³-hybridized carbons (Fsp3) is 0.529. The molecule has 5 nitrogen and oxygen atoms in total. The minimum Gasteiger partial charge on any atom is -0.376 e. The normalized spacial score (nSPS) is 25.1. The minimum absolute atomic E-state index is 0.0511. The van der Waals surface area contributed by atoms with Crippen molar-refractivity contribution in [2.75, 3.05) is 18.1 Å². The Morgan fingerprint density at radius 1 is 1.33 bits per heavy atom. The number of nitrogens with zero attached hydrogens (tertiary/aromatic N) is 1. The van der Waals surface area contributed by atoms with Gasteiger partial charge in [-0.15, -0.1) is 0 Å². The van der Waals surface area contributed by atoms with E-state index in [2.05, 4.69) is 5.32 Å². The van der Waals surface area contributed by atoms with Crippen molar-refractivity contribution >= 4 is 40.7 Å². The third kappa shape index (κ3) is 3.85. The van der Waals surface area contributed by atoms with Gasteiger partial charge in [-0.3, -0.25) is 9.59 Å². The van der Waals surface area contributed by atoms with Gasteiger partial charge in [0.05, 0.1) is 18.1 Å². The Labute approximate surface area is 151 Å². The number of amides is 2. The maximum Gasteiger partial charge on any atom is 0.227 e. The number of anilines is 1. The Morgan fingerprint density at radius 3 is 2.67 bits per heavy atom. The quantitative estimate of drug-likeness (QED) is 0.885. The molecule has 130 valence electrons. The molecule has 2 fully saturated rings. The Morgan fingerprint density at radius 2 is 2.04 bits per heavy atom. The summed E-state index contributed by atoms with van der Waals surface area (Å²) in [5, 5.41) is 3.91. The molecule has 0 radical (unpaired) electrons. The maximum absolute atomic E-state index is 12.5. The zero-order chi connectivity index (χ0) is 17.3. The first-order valence-corrected chi connectivity index (χ1v) is 8.88. The predicted octanol–water partition coefficient (Wildman–Crippen LogP) is 3.03. The highest BCUT2D eigenvalue weighted by atomic mass is 35.5. The number of nitrogens with one attached hydrogen (secondary N) is 1. The summed E-state index contributed by atoms with van der Waals surface area (Å²) in [5.41, 5.74) is 0.625. The fourth-order valence-electron chi connectivity index (χ4n) is 3.26. The highest BCUT2D eigenvalue weighted by Gasteiger charge is 2.36. The first-order valence-electron chi connectivity index (χ1n) is 8.12. The molecular weight excluding hydrogens is 351 g/mol. The number of hydrogen-bond donors (Lipinski definition) is 1. The minimum atomic E-state index is -0.376. The molecule has 2 aliphatic rings. The smallest absolute Gasteiger partial charge is 0.227 e. The lowest BCUT2D eigenvalue weighted by molar-refractivity contribution is -0.127. The highest BCUT2D eigenvalue weighted by molar-refractivity contribution is 6.35. The van der Waals surface area contributed by atoms with Crippen LogP contribution >= 0.6 is 23.2 Å². The molecule has 0 unspecified atom stereocenters. The van der Waals surface area contributed by atoms with Crippen molar-refractivity contribution in [2.45, 2.75) is 38.3 Å². The SMILES string of the molecule is C[C@H](NC(=O)[C@H]1CC(=O)N(c2cc(Cl)cc(Cl)c2)C1)[C@H]1CCCO1. The van der Waals surface area contributed by atoms with Crippen LogP contribution in [0, 0.1) is 5.92 Å². The molecule has 0 bridgehead atoms. The molecule has 1 aromatic carbocycles. The van der Waals surface area contributed by atoms with E-state index in [9.17, 15) is 9.59 Å². The van der Waals surface area contributed by atoms with Crippen molar-refractivity contribution < 1.29 is 14.3 Å². The van der Waals surface area contributed by atoms with E-state index in [1.807, 2.05) is 6.92 Å². The molecule has 0 saturated carbocycles. The molecule has 0 aromatic heterocycles. The second kappa shape index (κ2) is 7.30. The largest absolute Gasteiger partial charge is 0.376 e. The third-order valence-corrected chi connectivity index (χ3v) is 4.98. The summed E-state index contributed by atoms with van der Waals surface area (Å²) in [4.78, 5) is 26.3. The Kier molecular flexibility index (Phi) is 5.33. The molecule has 24 heavy (non-hydrogen) atoms. The van der Waals surface area contributed by atoms with Crippen LogP contribution in [0.15, 0.2) is 18.2 Å². The second-order valence-electron chi connectivity index (χ2n) is 6.38. The second-order valence-corrected chi connectivity index (χ2v) is 7.25. The van der Waals surface area contributed by atoms with Crippen molar-refractivity contribution in [2.24, 2.45) is 5.92 Å². The summed E-state index contributed by atoms with van der Waals surface area (Å²) in [6.45, 7) is 3.02. The molecule has 0 spiro atoms. The van der Waals surface area contributed by atoms with Gasteiger partial charge in [0.15, 0.2) is 0 Å². The van der Waals surface area contributed by atoms with E-state index in [0.717, 1.165) is 19.4 Å². The summed E-state index contributed by atoms with van der Waals surface area (Å²) in [6.07, 6.45) is 2.23. The molecule has 3 rings (SSSR count). The van der Waals surface area contributed by atoms with Crippen molar-refractivity contribution in [3.8, 4) is 0 Å². The topological polar surface area (TPSA) is 58.6 Å². The average molecular weight is 371 g/mol. The van der Waals surface area contributed by atoms with Gasteiger partial charge < -0.3 is 15.0 Å². The van der Waals surface area contributed by atoms with Crippen LogP contribution in [0.5, 0.6) is 0 Å². The van der Waals surface area contributed by atoms with Crippen LogP contribution < -0.4 is 10.2 Å². The van der Waals surface area contributed by atoms with Crippen molar-refractivity contribution in [3.63, 3.8) is 0 Å². The molecule has 2 amide bonds. The van der Waals surface area contributed by atoms with Crippen LogP contribution in [0.4, 0.5) is 5.69 Å². The lowest BCUT2D eigenvalue weighted by Gasteiger charge is -2.22. The number of rotatable bonds is 4. The van der Waals surface area contributed by atoms with E-state index in [4.69, 9.17) is 27.9 Å². The van der Waals surface area contributed by atoms with Gasteiger partial charge in [-0.05, 0) is 38.0 Å². The van der Waals surface area contributed by atoms with E-state index >= 15 is 0 Å². The van der Waals surface area contributed by atoms with Gasteiger partial charge in [-0.2, -0.15) is 0 Å². The van der Waals surface area contributed by atoms with Crippen LogP contribution in [-0.4, -0.2) is 37.1 Å². The van der Waals surface area contributed by atoms with Gasteiger partial charge in [0.1, 0.15) is 0 Å². The molecule has 1 aromatic rings. The van der Waals surface area contributed by atoms with Crippen LogP contribution in [0.1, 0.15) is 26.2 Å². The molecule has 0 aliphatic carbocycles. The van der Waals surface area contributed by atoms with Crippen LogP contribution in [-0.2, 0) is 14.3 Å². The molecular formula is C17H20Cl2N2O3. The number of ether oxygens (including phenoxy) is 1. The fourth-order valence-corrected chi connectivity index (χ4v) is 3.77. The van der Waals surface area contributed by atoms with Crippen molar-refractivity contribution in [1.29, 1.82) is 0 Å². The van der Waals surface area contributed by atoms with Crippen LogP contribution in [0.3, 0.4) is 0 Å². The van der Waals surface area contributed by atoms with Crippen LogP contribution in [0.2, 0.25) is 10.0 Å². The summed E-state index contributed by atoms with van der Waals surface area (Å²) in [5.74, 6) is -0.584. The number of hydrogen-bond acceptors (Lipinski definition) is 3. The van der Waals surface area contributed by atoms with E-state index in [0.29, 0.717) is 22.3 Å². The zero-order valence-electron chi connectivity index (χ0n) is 13.4. The zero-order valence-corrected chi connectivity index (χ0v) is 14.9. The van der Waals surface area contributed by atoms with Gasteiger partial charge in [-0.25, -0.2) is 0 Å². The highest BCUT2D eigenvalue weighted by Crippen LogP contribution is 2.30. The summed E-state index contributed by atoms with van der Waals surface area (Å²) in [7, 11) is 0. The number of carbonyl (C=O) groups excluding carboxylic acids is 2. The number of benzene rings is 1. The Balaban J connectivity index is 1.64. The van der Waals surface area contributed by atoms with E-state index in [1.54, 1.807) is 23.1 Å². The Bertz CT molecular complexity index is 626. The summed E-state index contributed by atoms with van der Waals surface area (Å²) < 4.78 is 5.59. The van der Waals surface area contributed by atoms with Crippen molar-refractivity contribution in [3.05, 3.63) is 28.2 Å². The maximum atomic E-state index is 12.5. The molecule has 7 heteroatoms. The third-order valence-electron chi connectivity index (χ3n) is 4.55. The average Bonchev–Trinajstić information content (AvgIpc) is 3.15. The summed E-state index contributed by atoms with van der Waals surface area (Å²) in [6, 6.07) is 4.92. The number of halogens is 2. The first-order chi connectivity index (χ1) is 11.4. The van der Waals surface area contributed by atoms with Crippen molar-refractivity contribution in [1.82, 2.24) is 5.32 Å². The molecule has 2 aliphatic heterocycles. The number of carbonyl (C=O) groups is 2. The van der Waals surface area contributed by atoms with Crippen LogP contribution in [0.25, 0.3) is 0 Å². The summed E-state index contributed by atoms with van der Waals surface area (Å²) >= 11 is 12.0. The lowest BCUT2D eigenvalue weighted by atomic mass is 10.1. The van der Waals surface area contributed by atoms with Gasteiger partial charge in [0.25, 0.3) is 0 Å². The monoisotopic (exact) mass is 370 g/mol. The van der Waals surface area contributed by atoms with Gasteiger partial charge in [0.2, 0.25) is 11.8 Å². The standard InChI is InChI=1S/C17H20Cl2N2O3/c1-10(15-3-2-4-24-15)20-17(23)11-5-16(22)21(9-11)14-7-12(18)6-13(19)8-14/h6-8,10-11,15H,2-5,9H2,1H3,(H,20,23)/t10-,11-,15+/m0/s1. The van der Waals surface area contributed by atoms with E-state index in [-0.39, 0.29) is 36.3 Å². The van der Waals surface area contributed by atoms with E-state index in [1.165, 1.54) is 0 Å². The van der Waals surface area contributed by atoms with Gasteiger partial charge >= 0.3 is 0 Å². The first kappa shape index (κ1) is 17.5. The predicted molar refractivity (Wildman–Crippen MR) is 93.5 cm³/mol. The molecule has 2 saturated heterocycles. The Hall–Kier alpha value is -1.30. The van der Waals surface area contributed by atoms with E-state index < -0.39 is 0 Å². The van der Waals surface area contributed by atoms with Gasteiger partial charge in [0, 0.05) is 35.3 Å². The molecule has 1 N–H and O–H groups in total. The molecule has 2 heterocycles. The molecule has 3 atom stereocenters.